The van der Waals surface area contributed by atoms with E-state index in [-0.39, 0.29) is 6.04 Å². The summed E-state index contributed by atoms with van der Waals surface area (Å²) in [5.74, 6) is 0.770. The van der Waals surface area contributed by atoms with Crippen LogP contribution in [0.3, 0.4) is 0 Å². The van der Waals surface area contributed by atoms with Crippen LogP contribution in [0, 0.1) is 5.92 Å². The average Bonchev–Trinajstić information content (AvgIpc) is 3.22. The molecule has 3 rings (SSSR count). The minimum Gasteiger partial charge on any atom is -0.297 e. The highest BCUT2D eigenvalue weighted by atomic mass is 31.2. The van der Waals surface area contributed by atoms with Crippen LogP contribution in [0.1, 0.15) is 51.4 Å². The van der Waals surface area contributed by atoms with Gasteiger partial charge in [-0.05, 0) is 55.9 Å². The van der Waals surface area contributed by atoms with Gasteiger partial charge in [-0.3, -0.25) is 9.65 Å². The van der Waals surface area contributed by atoms with E-state index >= 15 is 0 Å². The summed E-state index contributed by atoms with van der Waals surface area (Å²) in [6, 6.07) is 20.2. The first-order valence-corrected chi connectivity index (χ1v) is 12.0. The number of nitrogens with one attached hydrogen (secondary N) is 1. The van der Waals surface area contributed by atoms with Gasteiger partial charge in [-0.15, -0.1) is 6.58 Å². The number of allylic oxidation sites excluding steroid dienone is 1. The topological polar surface area (TPSA) is 29.1 Å². The Morgan fingerprint density at radius 2 is 1.56 bits per heavy atom. The summed E-state index contributed by atoms with van der Waals surface area (Å²) >= 11 is 0. The van der Waals surface area contributed by atoms with Crippen LogP contribution in [-0.4, -0.2) is 6.04 Å². The lowest BCUT2D eigenvalue weighted by Gasteiger charge is -2.29. The number of rotatable bonds is 10. The molecule has 0 bridgehead atoms. The summed E-state index contributed by atoms with van der Waals surface area (Å²) < 4.78 is 14.3. The van der Waals surface area contributed by atoms with E-state index in [2.05, 4.69) is 11.7 Å². The minimum atomic E-state index is -2.86. The molecule has 1 fully saturated rings. The van der Waals surface area contributed by atoms with Crippen molar-refractivity contribution >= 4 is 17.9 Å². The second-order valence-electron chi connectivity index (χ2n) is 7.71. The molecule has 0 unspecified atom stereocenters. The normalized spacial score (nSPS) is 16.3. The van der Waals surface area contributed by atoms with Crippen LogP contribution in [0.4, 0.5) is 0 Å². The molecule has 0 amide bonds. The van der Waals surface area contributed by atoms with Gasteiger partial charge in [0.25, 0.3) is 0 Å². The number of unbranched alkanes of at least 4 members (excludes halogenated alkanes) is 1. The highest BCUT2D eigenvalue weighted by Gasteiger charge is 2.31. The number of hydrogen-bond donors (Lipinski definition) is 1. The standard InChI is InChI=1S/C24H32NOP/c1-2-3-6-15-22(20-21-13-11-12-14-21)25-27(26,23-16-7-4-8-17-23)24-18-9-5-10-19-24/h2,4-5,7-10,16-19,21-22H,1,3,6,11-15,20H2,(H,25,26)/t22-/m0/s1. The van der Waals surface area contributed by atoms with Crippen molar-refractivity contribution in [1.82, 2.24) is 5.09 Å². The second kappa shape index (κ2) is 10.1. The van der Waals surface area contributed by atoms with Crippen molar-refractivity contribution in [3.05, 3.63) is 73.3 Å². The van der Waals surface area contributed by atoms with Crippen molar-refractivity contribution in [3.63, 3.8) is 0 Å². The van der Waals surface area contributed by atoms with Crippen LogP contribution in [0.2, 0.25) is 0 Å². The Morgan fingerprint density at radius 3 is 2.07 bits per heavy atom. The largest absolute Gasteiger partial charge is 0.297 e. The summed E-state index contributed by atoms with van der Waals surface area (Å²) in [6.07, 6.45) is 11.6. The molecule has 1 N–H and O–H groups in total. The fourth-order valence-electron chi connectivity index (χ4n) is 4.22. The fourth-order valence-corrected chi connectivity index (χ4v) is 6.75. The van der Waals surface area contributed by atoms with Crippen LogP contribution < -0.4 is 15.7 Å². The van der Waals surface area contributed by atoms with Gasteiger partial charge in [-0.25, -0.2) is 0 Å². The molecule has 0 aliphatic heterocycles. The van der Waals surface area contributed by atoms with E-state index in [1.165, 1.54) is 25.7 Å². The molecule has 0 heterocycles. The summed E-state index contributed by atoms with van der Waals surface area (Å²) in [4.78, 5) is 0. The monoisotopic (exact) mass is 381 g/mol. The third-order valence-electron chi connectivity index (χ3n) is 5.66. The van der Waals surface area contributed by atoms with Crippen molar-refractivity contribution < 1.29 is 4.57 Å². The molecular weight excluding hydrogens is 349 g/mol. The predicted octanol–water partition coefficient (Wildman–Crippen LogP) is 5.81. The molecule has 1 saturated carbocycles. The van der Waals surface area contributed by atoms with Crippen LogP contribution in [0.15, 0.2) is 73.3 Å². The zero-order valence-corrected chi connectivity index (χ0v) is 17.1. The third-order valence-corrected chi connectivity index (χ3v) is 8.44. The maximum absolute atomic E-state index is 14.3. The van der Waals surface area contributed by atoms with Crippen LogP contribution in [-0.2, 0) is 4.57 Å². The van der Waals surface area contributed by atoms with Crippen LogP contribution in [0.25, 0.3) is 0 Å². The second-order valence-corrected chi connectivity index (χ2v) is 10.2. The molecule has 0 spiro atoms. The van der Waals surface area contributed by atoms with Gasteiger partial charge in [-0.1, -0.05) is 68.2 Å². The van der Waals surface area contributed by atoms with E-state index in [1.54, 1.807) is 0 Å². The van der Waals surface area contributed by atoms with E-state index < -0.39 is 7.29 Å². The lowest BCUT2D eigenvalue weighted by molar-refractivity contribution is 0.400. The minimum absolute atomic E-state index is 0.277. The Labute approximate surface area is 164 Å². The predicted molar refractivity (Wildman–Crippen MR) is 117 cm³/mol. The quantitative estimate of drug-likeness (QED) is 0.320. The van der Waals surface area contributed by atoms with E-state index in [1.807, 2.05) is 66.7 Å². The highest BCUT2D eigenvalue weighted by molar-refractivity contribution is 7.76. The molecule has 144 valence electrons. The molecule has 1 atom stereocenters. The van der Waals surface area contributed by atoms with Crippen molar-refractivity contribution in [3.8, 4) is 0 Å². The SMILES string of the molecule is C=CCCC[C@@H](CC1CCCC1)NP(=O)(c1ccccc1)c1ccccc1. The maximum Gasteiger partial charge on any atom is 0.204 e. The van der Waals surface area contributed by atoms with E-state index in [4.69, 9.17) is 0 Å². The van der Waals surface area contributed by atoms with Gasteiger partial charge in [-0.2, -0.15) is 0 Å². The van der Waals surface area contributed by atoms with Gasteiger partial charge < -0.3 is 0 Å². The van der Waals surface area contributed by atoms with E-state index in [0.717, 1.165) is 42.2 Å². The number of benzene rings is 2. The van der Waals surface area contributed by atoms with Crippen LogP contribution >= 0.6 is 7.29 Å². The van der Waals surface area contributed by atoms with Gasteiger partial charge in [0.1, 0.15) is 0 Å². The smallest absolute Gasteiger partial charge is 0.204 e. The van der Waals surface area contributed by atoms with Gasteiger partial charge in [0, 0.05) is 16.7 Å². The first kappa shape index (κ1) is 20.1. The van der Waals surface area contributed by atoms with E-state index in [0.29, 0.717) is 0 Å². The van der Waals surface area contributed by atoms with Gasteiger partial charge >= 0.3 is 0 Å². The summed E-state index contributed by atoms with van der Waals surface area (Å²) in [7, 11) is -2.86. The Hall–Kier alpha value is -1.63. The molecule has 2 aromatic rings. The first-order chi connectivity index (χ1) is 13.2. The summed E-state index contributed by atoms with van der Waals surface area (Å²) in [6.45, 7) is 3.86. The lowest BCUT2D eigenvalue weighted by atomic mass is 9.96. The highest BCUT2D eigenvalue weighted by Crippen LogP contribution is 2.41. The molecule has 27 heavy (non-hydrogen) atoms. The Bertz CT molecular complexity index is 694. The molecule has 1 aliphatic carbocycles. The molecule has 3 heteroatoms. The molecule has 0 radical (unpaired) electrons. The maximum atomic E-state index is 14.3. The first-order valence-electron chi connectivity index (χ1n) is 10.3. The molecule has 1 aliphatic rings. The van der Waals surface area contributed by atoms with Gasteiger partial charge in [0.05, 0.1) is 0 Å². The Kier molecular flexibility index (Phi) is 7.50. The van der Waals surface area contributed by atoms with Crippen molar-refractivity contribution in [1.29, 1.82) is 0 Å². The average molecular weight is 382 g/mol. The summed E-state index contributed by atoms with van der Waals surface area (Å²) in [5, 5.41) is 5.47. The van der Waals surface area contributed by atoms with Gasteiger partial charge in [0.2, 0.25) is 7.29 Å². The number of hydrogen-bond acceptors (Lipinski definition) is 1. The van der Waals surface area contributed by atoms with Gasteiger partial charge in [0.15, 0.2) is 0 Å². The molecule has 0 aromatic heterocycles. The van der Waals surface area contributed by atoms with E-state index in [9.17, 15) is 4.57 Å². The molecule has 0 saturated heterocycles. The third kappa shape index (κ3) is 5.43. The summed E-state index contributed by atoms with van der Waals surface area (Å²) in [5.41, 5.74) is 0. The zero-order chi connectivity index (χ0) is 19.0. The van der Waals surface area contributed by atoms with Crippen molar-refractivity contribution in [2.24, 2.45) is 5.92 Å². The van der Waals surface area contributed by atoms with Crippen molar-refractivity contribution in [2.75, 3.05) is 0 Å². The molecule has 2 aromatic carbocycles. The van der Waals surface area contributed by atoms with Crippen molar-refractivity contribution in [2.45, 2.75) is 57.4 Å². The fraction of sp³-hybridized carbons (Fsp3) is 0.417. The Balaban J connectivity index is 1.87. The molecular formula is C24H32NOP. The Morgan fingerprint density at radius 1 is 1.00 bits per heavy atom. The lowest BCUT2D eigenvalue weighted by Crippen LogP contribution is -2.36. The zero-order valence-electron chi connectivity index (χ0n) is 16.2. The molecule has 2 nitrogen and oxygen atoms in total. The van der Waals surface area contributed by atoms with Crippen LogP contribution in [0.5, 0.6) is 0 Å².